The lowest BCUT2D eigenvalue weighted by Gasteiger charge is -2.00. The van der Waals surface area contributed by atoms with Crippen LogP contribution in [0, 0.1) is 6.92 Å². The molecule has 0 bridgehead atoms. The fraction of sp³-hybridized carbons (Fsp3) is 0.100. The molecule has 1 aromatic rings. The third kappa shape index (κ3) is 1.72. The number of carbonyl (C=O) groups excluding carboxylic acids is 1. The van der Waals surface area contributed by atoms with Crippen LogP contribution in [0.5, 0.6) is 0 Å². The van der Waals surface area contributed by atoms with Crippen LogP contribution in [-0.2, 0) is 0 Å². The molecular weight excluding hydrogens is 152 g/mol. The maximum atomic E-state index is 11.2. The number of carbonyl (C=O) groups is 1. The molecule has 0 radical (unpaired) electrons. The normalized spacial score (nSPS) is 10.4. The van der Waals surface area contributed by atoms with Crippen molar-refractivity contribution in [1.29, 1.82) is 0 Å². The first-order valence-electron chi connectivity index (χ1n) is 3.64. The Morgan fingerprint density at radius 3 is 2.67 bits per heavy atom. The van der Waals surface area contributed by atoms with E-state index in [9.17, 15) is 9.90 Å². The standard InChI is InChI=1S/C10H10O2/c1-8-4-2-3-5-9(8)10(12)6-7-11/h2-7,11H,1H3/p-1/b7-6+. The van der Waals surface area contributed by atoms with Crippen LogP contribution >= 0.6 is 0 Å². The van der Waals surface area contributed by atoms with E-state index in [-0.39, 0.29) is 5.78 Å². The minimum absolute atomic E-state index is 0.233. The molecule has 0 aromatic heterocycles. The summed E-state index contributed by atoms with van der Waals surface area (Å²) in [6.45, 7) is 1.84. The SMILES string of the molecule is Cc1ccccc1C(=O)/C=C/[O-]. The molecule has 0 atom stereocenters. The first-order chi connectivity index (χ1) is 5.75. The molecule has 2 nitrogen and oxygen atoms in total. The van der Waals surface area contributed by atoms with Crippen molar-refractivity contribution >= 4 is 5.78 Å². The Bertz CT molecular complexity index is 313. The first kappa shape index (κ1) is 8.53. The summed E-state index contributed by atoms with van der Waals surface area (Å²) in [7, 11) is 0. The number of ketones is 1. The van der Waals surface area contributed by atoms with E-state index in [4.69, 9.17) is 0 Å². The van der Waals surface area contributed by atoms with E-state index in [0.29, 0.717) is 11.8 Å². The summed E-state index contributed by atoms with van der Waals surface area (Å²) in [5, 5.41) is 10.0. The summed E-state index contributed by atoms with van der Waals surface area (Å²) >= 11 is 0. The molecule has 0 saturated carbocycles. The van der Waals surface area contributed by atoms with Crippen molar-refractivity contribution in [3.8, 4) is 0 Å². The zero-order chi connectivity index (χ0) is 8.97. The highest BCUT2D eigenvalue weighted by Crippen LogP contribution is 2.07. The van der Waals surface area contributed by atoms with Gasteiger partial charge in [-0.05, 0) is 18.6 Å². The van der Waals surface area contributed by atoms with Gasteiger partial charge in [-0.1, -0.05) is 24.3 Å². The van der Waals surface area contributed by atoms with Crippen molar-refractivity contribution in [2.75, 3.05) is 0 Å². The summed E-state index contributed by atoms with van der Waals surface area (Å²) in [6, 6.07) is 7.18. The van der Waals surface area contributed by atoms with Crippen LogP contribution in [0.1, 0.15) is 15.9 Å². The van der Waals surface area contributed by atoms with Gasteiger partial charge < -0.3 is 5.11 Å². The molecule has 0 aliphatic rings. The van der Waals surface area contributed by atoms with Crippen molar-refractivity contribution in [2.45, 2.75) is 6.92 Å². The lowest BCUT2D eigenvalue weighted by Crippen LogP contribution is -1.99. The van der Waals surface area contributed by atoms with Crippen molar-refractivity contribution in [3.63, 3.8) is 0 Å². The van der Waals surface area contributed by atoms with Gasteiger partial charge in [-0.3, -0.25) is 4.79 Å². The van der Waals surface area contributed by atoms with Crippen LogP contribution in [0.4, 0.5) is 0 Å². The quantitative estimate of drug-likeness (QED) is 0.369. The first-order valence-corrected chi connectivity index (χ1v) is 3.64. The molecule has 0 aliphatic carbocycles. The highest BCUT2D eigenvalue weighted by Gasteiger charge is 2.02. The highest BCUT2D eigenvalue weighted by atomic mass is 16.2. The Morgan fingerprint density at radius 1 is 1.42 bits per heavy atom. The van der Waals surface area contributed by atoms with E-state index in [1.165, 1.54) is 0 Å². The van der Waals surface area contributed by atoms with Gasteiger partial charge in [0.05, 0.1) is 0 Å². The molecule has 12 heavy (non-hydrogen) atoms. The molecule has 2 heteroatoms. The zero-order valence-electron chi connectivity index (χ0n) is 6.78. The molecule has 0 spiro atoms. The lowest BCUT2D eigenvalue weighted by atomic mass is 10.1. The van der Waals surface area contributed by atoms with Gasteiger partial charge in [0.15, 0.2) is 5.78 Å². The summed E-state index contributed by atoms with van der Waals surface area (Å²) in [4.78, 5) is 11.2. The number of benzene rings is 1. The van der Waals surface area contributed by atoms with Gasteiger partial charge >= 0.3 is 0 Å². The van der Waals surface area contributed by atoms with Crippen LogP contribution in [0.3, 0.4) is 0 Å². The molecule has 0 amide bonds. The van der Waals surface area contributed by atoms with Gasteiger partial charge in [0, 0.05) is 5.56 Å². The van der Waals surface area contributed by atoms with Crippen LogP contribution < -0.4 is 5.11 Å². The van der Waals surface area contributed by atoms with E-state index in [0.717, 1.165) is 11.6 Å². The number of allylic oxidation sites excluding steroid dienone is 1. The third-order valence-corrected chi connectivity index (χ3v) is 1.63. The van der Waals surface area contributed by atoms with Crippen LogP contribution in [0.25, 0.3) is 0 Å². The monoisotopic (exact) mass is 161 g/mol. The summed E-state index contributed by atoms with van der Waals surface area (Å²) < 4.78 is 0. The fourth-order valence-corrected chi connectivity index (χ4v) is 1.00. The molecule has 62 valence electrons. The number of hydrogen-bond donors (Lipinski definition) is 0. The Balaban J connectivity index is 3.03. The maximum absolute atomic E-state index is 11.2. The second kappa shape index (κ2) is 3.72. The van der Waals surface area contributed by atoms with Crippen molar-refractivity contribution in [2.24, 2.45) is 0 Å². The van der Waals surface area contributed by atoms with Gasteiger partial charge in [0.2, 0.25) is 0 Å². The van der Waals surface area contributed by atoms with Crippen LogP contribution in [0.2, 0.25) is 0 Å². The van der Waals surface area contributed by atoms with Gasteiger partial charge in [-0.15, -0.1) is 6.26 Å². The number of aryl methyl sites for hydroxylation is 1. The van der Waals surface area contributed by atoms with Crippen molar-refractivity contribution in [1.82, 2.24) is 0 Å². The van der Waals surface area contributed by atoms with Crippen molar-refractivity contribution < 1.29 is 9.90 Å². The molecular formula is C10H9O2-. The fourth-order valence-electron chi connectivity index (χ4n) is 1.00. The van der Waals surface area contributed by atoms with E-state index in [1.54, 1.807) is 12.1 Å². The zero-order valence-corrected chi connectivity index (χ0v) is 6.78. The molecule has 0 N–H and O–H groups in total. The number of hydrogen-bond acceptors (Lipinski definition) is 2. The Labute approximate surface area is 71.2 Å². The third-order valence-electron chi connectivity index (χ3n) is 1.63. The van der Waals surface area contributed by atoms with Crippen molar-refractivity contribution in [3.05, 3.63) is 47.7 Å². The average Bonchev–Trinajstić information content (AvgIpc) is 2.05. The Hall–Kier alpha value is -1.57. The van der Waals surface area contributed by atoms with Gasteiger partial charge in [-0.2, -0.15) is 0 Å². The lowest BCUT2D eigenvalue weighted by molar-refractivity contribution is -0.274. The van der Waals surface area contributed by atoms with Gasteiger partial charge in [0.25, 0.3) is 0 Å². The molecule has 0 heterocycles. The Kier molecular flexibility index (Phi) is 2.64. The second-order valence-electron chi connectivity index (χ2n) is 2.48. The molecule has 1 rings (SSSR count). The largest absolute Gasteiger partial charge is 0.878 e. The maximum Gasteiger partial charge on any atom is 0.184 e. The number of rotatable bonds is 2. The predicted molar refractivity (Wildman–Crippen MR) is 44.6 cm³/mol. The summed E-state index contributed by atoms with van der Waals surface area (Å²) in [6.07, 6.45) is 1.54. The van der Waals surface area contributed by atoms with Gasteiger partial charge in [0.1, 0.15) is 0 Å². The minimum atomic E-state index is -0.233. The smallest absolute Gasteiger partial charge is 0.184 e. The van der Waals surface area contributed by atoms with Crippen LogP contribution in [0.15, 0.2) is 36.6 Å². The molecule has 0 unspecified atom stereocenters. The van der Waals surface area contributed by atoms with E-state index in [2.05, 4.69) is 0 Å². The topological polar surface area (TPSA) is 40.1 Å². The van der Waals surface area contributed by atoms with E-state index < -0.39 is 0 Å². The summed E-state index contributed by atoms with van der Waals surface area (Å²) in [5.74, 6) is -0.233. The highest BCUT2D eigenvalue weighted by molar-refractivity contribution is 6.05. The van der Waals surface area contributed by atoms with Gasteiger partial charge in [-0.25, -0.2) is 0 Å². The molecule has 1 aromatic carbocycles. The second-order valence-corrected chi connectivity index (χ2v) is 2.48. The van der Waals surface area contributed by atoms with E-state index >= 15 is 0 Å². The molecule has 0 aliphatic heterocycles. The molecule has 0 saturated heterocycles. The average molecular weight is 161 g/mol. The Morgan fingerprint density at radius 2 is 2.08 bits per heavy atom. The van der Waals surface area contributed by atoms with Crippen LogP contribution in [-0.4, -0.2) is 5.78 Å². The van der Waals surface area contributed by atoms with E-state index in [1.807, 2.05) is 19.1 Å². The predicted octanol–water partition coefficient (Wildman–Crippen LogP) is 1.05. The molecule has 0 fully saturated rings. The minimum Gasteiger partial charge on any atom is -0.878 e. The summed E-state index contributed by atoms with van der Waals surface area (Å²) in [5.41, 5.74) is 1.48.